The lowest BCUT2D eigenvalue weighted by atomic mass is 10.1. The maximum absolute atomic E-state index is 12.0. The van der Waals surface area contributed by atoms with Crippen LogP contribution < -0.4 is 22.5 Å². The van der Waals surface area contributed by atoms with E-state index in [0.29, 0.717) is 25.2 Å². The number of rotatable bonds is 9. The molecule has 1 aromatic heterocycles. The van der Waals surface area contributed by atoms with Gasteiger partial charge in [-0.25, -0.2) is 9.59 Å². The second-order valence-corrected chi connectivity index (χ2v) is 9.26. The van der Waals surface area contributed by atoms with E-state index < -0.39 is 48.6 Å². The molecular weight excluding hydrogens is 498 g/mol. The second kappa shape index (κ2) is 16.5. The Labute approximate surface area is 220 Å². The highest BCUT2D eigenvalue weighted by molar-refractivity contribution is 5.91. The van der Waals surface area contributed by atoms with Crippen LogP contribution >= 0.6 is 0 Å². The number of aliphatic hydroxyl groups excluding tert-OH is 1. The smallest absolute Gasteiger partial charge is 0.330 e. The van der Waals surface area contributed by atoms with Crippen molar-refractivity contribution >= 4 is 34.8 Å². The molecule has 1 aromatic carbocycles. The number of hydrogen-bond acceptors (Lipinski definition) is 10. The normalized spacial score (nSPS) is 16.9. The molecule has 1 aliphatic rings. The molecule has 0 unspecified atom stereocenters. The fourth-order valence-corrected chi connectivity index (χ4v) is 3.44. The molecule has 0 bridgehead atoms. The zero-order valence-electron chi connectivity index (χ0n) is 21.6. The Morgan fingerprint density at radius 1 is 1.03 bits per heavy atom. The fraction of sp³-hybridized carbons (Fsp3) is 0.520. The Morgan fingerprint density at radius 2 is 1.66 bits per heavy atom. The number of nitrogens with one attached hydrogen (secondary N) is 2. The highest BCUT2D eigenvalue weighted by Crippen LogP contribution is 2.19. The third kappa shape index (κ3) is 11.4. The monoisotopic (exact) mass is 537 g/mol. The molecule has 11 N–H and O–H groups in total. The van der Waals surface area contributed by atoms with E-state index in [9.17, 15) is 19.2 Å². The van der Waals surface area contributed by atoms with Gasteiger partial charge < -0.3 is 47.6 Å². The number of H-pyrrole nitrogens is 1. The van der Waals surface area contributed by atoms with E-state index >= 15 is 0 Å². The quantitative estimate of drug-likeness (QED) is 0.152. The summed E-state index contributed by atoms with van der Waals surface area (Å²) in [5, 5.41) is 28.2. The van der Waals surface area contributed by atoms with Gasteiger partial charge in [0.25, 0.3) is 0 Å². The molecular formula is C25H39N5O8. The molecule has 1 aliphatic heterocycles. The van der Waals surface area contributed by atoms with Crippen molar-refractivity contribution in [2.24, 2.45) is 23.1 Å². The molecule has 2 aromatic rings. The summed E-state index contributed by atoms with van der Waals surface area (Å²) >= 11 is 0. The SMILES string of the molecule is CC(C)C[C@H](N)C(=O)O.N[C@@H](CO)C(=O)O.N[C@@H](Cc1c[nH]c2ccccc12)C(=O)OC(=O)[C@@H]1CCCN1. The van der Waals surface area contributed by atoms with E-state index in [1.165, 1.54) is 0 Å². The van der Waals surface area contributed by atoms with Gasteiger partial charge in [0, 0.05) is 23.5 Å². The van der Waals surface area contributed by atoms with Crippen molar-refractivity contribution in [3.05, 3.63) is 36.0 Å². The van der Waals surface area contributed by atoms with Crippen LogP contribution in [0.4, 0.5) is 0 Å². The van der Waals surface area contributed by atoms with Gasteiger partial charge in [-0.15, -0.1) is 0 Å². The standard InChI is InChI=1S/C16H19N3O3.C6H13NO2.C3H7NO3/c17-12(15(20)22-16(21)14-6-3-7-18-14)8-10-9-19-13-5-2-1-4-11(10)13;1-4(2)3-5(7)6(8)9;4-2(1-5)3(6)7/h1-2,4-5,9,12,14,18-19H,3,6-8,17H2;4-5H,3,7H2,1-2H3,(H,8,9);2,5H,1,4H2,(H,6,7)/t12-,14-;5-;2-/m000/s1. The number of benzene rings is 1. The molecule has 1 saturated heterocycles. The van der Waals surface area contributed by atoms with E-state index in [1.807, 2.05) is 44.3 Å². The van der Waals surface area contributed by atoms with Crippen molar-refractivity contribution in [2.75, 3.05) is 13.2 Å². The van der Waals surface area contributed by atoms with Crippen molar-refractivity contribution in [1.82, 2.24) is 10.3 Å². The molecule has 0 radical (unpaired) electrons. The summed E-state index contributed by atoms with van der Waals surface area (Å²) in [5.74, 6) is -2.94. The van der Waals surface area contributed by atoms with Gasteiger partial charge in [0.2, 0.25) is 0 Å². The molecule has 1 fully saturated rings. The molecule has 13 nitrogen and oxygen atoms in total. The molecule has 38 heavy (non-hydrogen) atoms. The van der Waals surface area contributed by atoms with E-state index in [4.69, 9.17) is 37.3 Å². The maximum atomic E-state index is 12.0. The first-order chi connectivity index (χ1) is 17.9. The maximum Gasteiger partial charge on any atom is 0.330 e. The van der Waals surface area contributed by atoms with Crippen LogP contribution in [0.15, 0.2) is 30.5 Å². The number of hydrogen-bond donors (Lipinski definition) is 8. The predicted octanol–water partition coefficient (Wildman–Crippen LogP) is -0.305. The number of esters is 2. The Bertz CT molecular complexity index is 1050. The van der Waals surface area contributed by atoms with Gasteiger partial charge in [-0.3, -0.25) is 9.59 Å². The lowest BCUT2D eigenvalue weighted by molar-refractivity contribution is -0.162. The number of aliphatic carboxylic acids is 2. The number of carboxylic acids is 2. The number of para-hydroxylation sites is 1. The Kier molecular flexibility index (Phi) is 14.2. The second-order valence-electron chi connectivity index (χ2n) is 9.26. The molecule has 212 valence electrons. The fourth-order valence-electron chi connectivity index (χ4n) is 3.44. The van der Waals surface area contributed by atoms with Crippen LogP contribution in [0.5, 0.6) is 0 Å². The van der Waals surface area contributed by atoms with Gasteiger partial charge in [0.05, 0.1) is 6.61 Å². The van der Waals surface area contributed by atoms with Crippen molar-refractivity contribution in [3.8, 4) is 0 Å². The van der Waals surface area contributed by atoms with Gasteiger partial charge in [0.1, 0.15) is 24.2 Å². The molecule has 0 amide bonds. The Hall–Kier alpha value is -3.36. The zero-order valence-corrected chi connectivity index (χ0v) is 21.6. The largest absolute Gasteiger partial charge is 0.480 e. The minimum atomic E-state index is -1.18. The van der Waals surface area contributed by atoms with Gasteiger partial charge in [-0.1, -0.05) is 32.0 Å². The van der Waals surface area contributed by atoms with Crippen LogP contribution in [0, 0.1) is 5.92 Å². The number of nitrogens with two attached hydrogens (primary N) is 3. The van der Waals surface area contributed by atoms with E-state index in [-0.39, 0.29) is 6.04 Å². The predicted molar refractivity (Wildman–Crippen MR) is 140 cm³/mol. The molecule has 0 spiro atoms. The molecule has 13 heteroatoms. The van der Waals surface area contributed by atoms with Crippen LogP contribution in [0.1, 0.15) is 38.7 Å². The van der Waals surface area contributed by atoms with Gasteiger partial charge in [0.15, 0.2) is 0 Å². The first-order valence-electron chi connectivity index (χ1n) is 12.2. The number of carboxylic acid groups (broad SMARTS) is 2. The number of aromatic nitrogens is 1. The van der Waals surface area contributed by atoms with Crippen LogP contribution in [0.3, 0.4) is 0 Å². The summed E-state index contributed by atoms with van der Waals surface area (Å²) in [6.45, 7) is 4.16. The van der Waals surface area contributed by atoms with Crippen molar-refractivity contribution in [2.45, 2.75) is 63.7 Å². The summed E-state index contributed by atoms with van der Waals surface area (Å²) in [6, 6.07) is 4.73. The first kappa shape index (κ1) is 32.7. The van der Waals surface area contributed by atoms with Crippen molar-refractivity contribution < 1.29 is 39.2 Å². The minimum absolute atomic E-state index is 0.328. The summed E-state index contributed by atoms with van der Waals surface area (Å²) in [4.78, 5) is 46.7. The summed E-state index contributed by atoms with van der Waals surface area (Å²) < 4.78 is 4.88. The molecule has 0 aliphatic carbocycles. The molecule has 0 saturated carbocycles. The van der Waals surface area contributed by atoms with Crippen LogP contribution in [-0.2, 0) is 30.3 Å². The third-order valence-electron chi connectivity index (χ3n) is 5.52. The first-order valence-corrected chi connectivity index (χ1v) is 12.2. The van der Waals surface area contributed by atoms with E-state index in [0.717, 1.165) is 29.4 Å². The van der Waals surface area contributed by atoms with Crippen molar-refractivity contribution in [1.29, 1.82) is 0 Å². The minimum Gasteiger partial charge on any atom is -0.480 e. The average molecular weight is 538 g/mol. The lowest BCUT2D eigenvalue weighted by Crippen LogP contribution is -2.40. The zero-order chi connectivity index (χ0) is 28.8. The van der Waals surface area contributed by atoms with Gasteiger partial charge in [-0.05, 0) is 43.4 Å². The summed E-state index contributed by atoms with van der Waals surface area (Å²) in [5.41, 5.74) is 17.8. The summed E-state index contributed by atoms with van der Waals surface area (Å²) in [7, 11) is 0. The van der Waals surface area contributed by atoms with Crippen LogP contribution in [0.25, 0.3) is 10.9 Å². The summed E-state index contributed by atoms with van der Waals surface area (Å²) in [6.07, 6.45) is 4.32. The number of ether oxygens (including phenoxy) is 1. The van der Waals surface area contributed by atoms with Gasteiger partial charge in [-0.2, -0.15) is 0 Å². The highest BCUT2D eigenvalue weighted by Gasteiger charge is 2.28. The van der Waals surface area contributed by atoms with Crippen LogP contribution in [-0.4, -0.2) is 81.5 Å². The van der Waals surface area contributed by atoms with E-state index in [1.54, 1.807) is 0 Å². The number of aromatic amines is 1. The van der Waals surface area contributed by atoms with E-state index in [2.05, 4.69) is 10.3 Å². The molecule has 2 heterocycles. The van der Waals surface area contributed by atoms with Gasteiger partial charge >= 0.3 is 23.9 Å². The third-order valence-corrected chi connectivity index (χ3v) is 5.52. The number of aliphatic hydroxyl groups is 1. The number of carbonyl (C=O) groups excluding carboxylic acids is 2. The van der Waals surface area contributed by atoms with Crippen LogP contribution in [0.2, 0.25) is 0 Å². The number of carbonyl (C=O) groups is 4. The number of fused-ring (bicyclic) bond motifs is 1. The van der Waals surface area contributed by atoms with Crippen molar-refractivity contribution in [3.63, 3.8) is 0 Å². The Balaban J connectivity index is 0.000000374. The Morgan fingerprint density at radius 3 is 2.13 bits per heavy atom. The lowest BCUT2D eigenvalue weighted by Gasteiger charge is -2.12. The molecule has 3 rings (SSSR count). The molecule has 4 atom stereocenters. The topological polar surface area (TPSA) is 244 Å². The average Bonchev–Trinajstić information content (AvgIpc) is 3.54. The highest BCUT2D eigenvalue weighted by atomic mass is 16.6.